The fourth-order valence-electron chi connectivity index (χ4n) is 7.69. The highest BCUT2D eigenvalue weighted by Gasteiger charge is 2.45. The topological polar surface area (TPSA) is 49.4 Å². The van der Waals surface area contributed by atoms with Crippen molar-refractivity contribution in [2.75, 3.05) is 0 Å². The fourth-order valence-corrected chi connectivity index (χ4v) is 11.5. The molecule has 0 amide bonds. The van der Waals surface area contributed by atoms with Gasteiger partial charge in [-0.25, -0.2) is 108 Å². The first-order valence-corrected chi connectivity index (χ1v) is 25.4. The molecule has 0 spiro atoms. The van der Waals surface area contributed by atoms with Crippen LogP contribution in [0.15, 0.2) is 78.6 Å². The fraction of sp³-hybridized carbons (Fsp3) is 0. The van der Waals surface area contributed by atoms with E-state index in [2.05, 4.69) is 147 Å². The maximum absolute atomic E-state index is 16.3. The summed E-state index contributed by atoms with van der Waals surface area (Å²) < 4.78 is 306. The second-order valence-electron chi connectivity index (χ2n) is 15.0. The van der Waals surface area contributed by atoms with Crippen LogP contribution in [0.4, 0.5) is 87.8 Å². The van der Waals surface area contributed by atoms with Crippen LogP contribution < -0.4 is 0 Å². The molecular formula is C44Br8F20N4. The summed E-state index contributed by atoms with van der Waals surface area (Å²) in [5, 5.41) is 0. The van der Waals surface area contributed by atoms with Crippen LogP contribution in [-0.2, 0) is 0 Å². The van der Waals surface area contributed by atoms with Gasteiger partial charge in [-0.2, -0.15) is 0 Å². The third-order valence-corrected chi connectivity index (χ3v) is 19.4. The van der Waals surface area contributed by atoms with Crippen molar-refractivity contribution in [3.8, 4) is 0 Å². The zero-order valence-corrected chi connectivity index (χ0v) is 47.1. The number of hydrogen-bond acceptors (Lipinski definition) is 4. The number of hydrogen-bond donors (Lipinski definition) is 0. The molecule has 0 atom stereocenters. The number of halogens is 28. The van der Waals surface area contributed by atoms with Gasteiger partial charge in [0.05, 0.1) is 104 Å². The first kappa shape index (κ1) is 56.6. The van der Waals surface area contributed by atoms with Gasteiger partial charge in [0.2, 0.25) is 23.3 Å². The van der Waals surface area contributed by atoms with Gasteiger partial charge in [-0.1, -0.05) is 0 Å². The zero-order chi connectivity index (χ0) is 56.2. The highest BCUT2D eigenvalue weighted by atomic mass is 79.9. The van der Waals surface area contributed by atoms with Crippen molar-refractivity contribution in [3.63, 3.8) is 0 Å². The van der Waals surface area contributed by atoms with Crippen LogP contribution in [0.3, 0.4) is 0 Å². The van der Waals surface area contributed by atoms with Gasteiger partial charge in [-0.05, 0) is 127 Å². The zero-order valence-electron chi connectivity index (χ0n) is 34.4. The number of allylic oxidation sites excluding steroid dienone is 12. The smallest absolute Gasteiger partial charge is 0.200 e. The minimum atomic E-state index is -2.78. The number of benzene rings is 4. The Morgan fingerprint density at radius 3 is 0.421 bits per heavy atom. The predicted molar refractivity (Wildman–Crippen MR) is 262 cm³/mol. The Balaban J connectivity index is 1.64. The molecule has 0 aromatic heterocycles. The van der Waals surface area contributed by atoms with E-state index < -0.39 is 242 Å². The molecule has 392 valence electrons. The highest BCUT2D eigenvalue weighted by molar-refractivity contribution is 9.15. The molecule has 9 rings (SSSR count). The molecule has 0 N–H and O–H groups in total. The van der Waals surface area contributed by atoms with Crippen LogP contribution in [0.2, 0.25) is 0 Å². The Hall–Kier alpha value is -4.08. The van der Waals surface area contributed by atoms with E-state index in [1.54, 1.807) is 0 Å². The molecule has 4 aromatic rings. The summed E-state index contributed by atoms with van der Waals surface area (Å²) in [5.41, 5.74) is -23.8. The van der Waals surface area contributed by atoms with Crippen LogP contribution in [0, 0.1) is 116 Å². The van der Waals surface area contributed by atoms with E-state index in [1.165, 1.54) is 0 Å². The molecule has 8 bridgehead atoms. The van der Waals surface area contributed by atoms with Crippen molar-refractivity contribution in [3.05, 3.63) is 197 Å². The van der Waals surface area contributed by atoms with Crippen LogP contribution in [-0.4, -0.2) is 22.8 Å². The number of fused-ring (bicyclic) bond motifs is 4. The van der Waals surface area contributed by atoms with E-state index in [1.807, 2.05) is 0 Å². The summed E-state index contributed by atoms with van der Waals surface area (Å²) in [7, 11) is 0. The number of aliphatic imine (C=N–C) groups is 4. The molecule has 5 aliphatic heterocycles. The molecule has 0 saturated heterocycles. The van der Waals surface area contributed by atoms with Gasteiger partial charge in [-0.3, -0.25) is 0 Å². The average molecular weight is 1600 g/mol. The SMILES string of the molecule is Fc1c(F)c(F)c(C2=C3N=C(C(Br)=C3Br)C(c3c(F)c(F)c(F)c(F)c3F)=C3N=C(C(Br)=C3Br)C(c3c(F)c(F)c(F)c(F)c3F)=C3N=C(C(Br)=C3Br)C(c3c(F)c(F)c(F)c(F)c3F)=C3N=C2C(Br)=C3Br)c(F)c1F. The lowest BCUT2D eigenvalue weighted by Crippen LogP contribution is -2.14. The Bertz CT molecular complexity index is 3390. The summed E-state index contributed by atoms with van der Waals surface area (Å²) >= 11 is 23.5. The van der Waals surface area contributed by atoms with Gasteiger partial charge < -0.3 is 0 Å². The van der Waals surface area contributed by atoms with E-state index in [0.29, 0.717) is 0 Å². The van der Waals surface area contributed by atoms with Crippen molar-refractivity contribution in [2.24, 2.45) is 20.0 Å². The standard InChI is InChI=1S/C44Br8F20N4/c45-9-11(47)39-6(2-19(55)27(63)34(70)28(64)20(2)56)41-13(49)15(51)43(75-41)8(4-23(59)31(67)36(72)32(68)24(4)60)44-16(52)14(50)42(76-44)7(3-21(57)29(65)35(71)30(66)22(3)58)40-12(48)10(46)38(74-40)5(37(9)73-39)1-17(53)25(61)33(69)26(62)18(1)54. The molecule has 4 nitrogen and oxygen atoms in total. The molecule has 32 heteroatoms. The largest absolute Gasteiger partial charge is 0.245 e. The minimum Gasteiger partial charge on any atom is -0.245 e. The van der Waals surface area contributed by atoms with Gasteiger partial charge in [-0.15, -0.1) is 0 Å². The number of nitrogens with zero attached hydrogens (tertiary/aromatic N) is 4. The highest BCUT2D eigenvalue weighted by Crippen LogP contribution is 2.55. The lowest BCUT2D eigenvalue weighted by molar-refractivity contribution is 0.376. The summed E-state index contributed by atoms with van der Waals surface area (Å²) in [6.45, 7) is 0. The van der Waals surface area contributed by atoms with Crippen molar-refractivity contribution in [1.82, 2.24) is 0 Å². The second-order valence-corrected chi connectivity index (χ2v) is 21.4. The van der Waals surface area contributed by atoms with Crippen molar-refractivity contribution < 1.29 is 87.8 Å². The van der Waals surface area contributed by atoms with Gasteiger partial charge in [0.15, 0.2) is 93.1 Å². The average Bonchev–Trinajstić information content (AvgIpc) is 4.06. The second kappa shape index (κ2) is 19.9. The summed E-state index contributed by atoms with van der Waals surface area (Å²) in [6, 6.07) is 0. The van der Waals surface area contributed by atoms with Gasteiger partial charge >= 0.3 is 0 Å². The maximum Gasteiger partial charge on any atom is 0.200 e. The molecule has 5 aliphatic rings. The Labute approximate surface area is 473 Å². The minimum absolute atomic E-state index is 0.840. The summed E-state index contributed by atoms with van der Waals surface area (Å²) in [5.74, 6) is -54.5. The molecule has 0 unspecified atom stereocenters. The Kier molecular flexibility index (Phi) is 14.8. The quantitative estimate of drug-likeness (QED) is 0.111. The third kappa shape index (κ3) is 7.99. The lowest BCUT2D eigenvalue weighted by Gasteiger charge is -2.16. The molecule has 0 radical (unpaired) electrons. The lowest BCUT2D eigenvalue weighted by atomic mass is 9.96. The van der Waals surface area contributed by atoms with Crippen LogP contribution in [0.25, 0.3) is 22.3 Å². The normalized spacial score (nSPS) is 17.1. The van der Waals surface area contributed by atoms with Gasteiger partial charge in [0.25, 0.3) is 0 Å². The third-order valence-electron chi connectivity index (χ3n) is 11.1. The van der Waals surface area contributed by atoms with Gasteiger partial charge in [0.1, 0.15) is 0 Å². The molecule has 4 aromatic carbocycles. The Morgan fingerprint density at radius 2 is 0.289 bits per heavy atom. The van der Waals surface area contributed by atoms with Crippen LogP contribution in [0.5, 0.6) is 0 Å². The van der Waals surface area contributed by atoms with Crippen molar-refractivity contribution >= 4 is 173 Å². The van der Waals surface area contributed by atoms with E-state index in [9.17, 15) is 17.6 Å². The first-order valence-electron chi connectivity index (χ1n) is 19.1. The molecular weight excluding hydrogens is 1600 g/mol. The predicted octanol–water partition coefficient (Wildman–Crippen LogP) is 18.3. The van der Waals surface area contributed by atoms with E-state index in [4.69, 9.17) is 0 Å². The number of rotatable bonds is 4. The van der Waals surface area contributed by atoms with Gasteiger partial charge in [0, 0.05) is 22.3 Å². The maximum atomic E-state index is 16.3. The Morgan fingerprint density at radius 1 is 0.171 bits per heavy atom. The summed E-state index contributed by atoms with van der Waals surface area (Å²) in [4.78, 5) is 16.3. The monoisotopic (exact) mass is 1600 g/mol. The van der Waals surface area contributed by atoms with E-state index >= 15 is 70.2 Å². The van der Waals surface area contributed by atoms with E-state index in [-0.39, 0.29) is 0 Å². The molecule has 0 saturated carbocycles. The molecule has 76 heavy (non-hydrogen) atoms. The van der Waals surface area contributed by atoms with Crippen molar-refractivity contribution in [1.29, 1.82) is 0 Å². The van der Waals surface area contributed by atoms with Crippen molar-refractivity contribution in [2.45, 2.75) is 0 Å². The summed E-state index contributed by atoms with van der Waals surface area (Å²) in [6.07, 6.45) is 0. The molecule has 0 fully saturated rings. The van der Waals surface area contributed by atoms with E-state index in [0.717, 1.165) is 0 Å². The van der Waals surface area contributed by atoms with Crippen LogP contribution >= 0.6 is 127 Å². The van der Waals surface area contributed by atoms with Crippen LogP contribution in [0.1, 0.15) is 22.3 Å². The molecule has 0 aliphatic carbocycles. The molecule has 5 heterocycles. The first-order chi connectivity index (χ1) is 35.4.